The van der Waals surface area contributed by atoms with Gasteiger partial charge < -0.3 is 4.90 Å². The number of anilines is 2. The zero-order valence-corrected chi connectivity index (χ0v) is 16.1. The Labute approximate surface area is 170 Å². The van der Waals surface area contributed by atoms with E-state index in [0.29, 0.717) is 18.5 Å². The Hall–Kier alpha value is -3.60. The summed E-state index contributed by atoms with van der Waals surface area (Å²) in [5.74, 6) is 0.00897. The molecule has 1 fully saturated rings. The average molecular weight is 385 g/mol. The van der Waals surface area contributed by atoms with Gasteiger partial charge in [0.2, 0.25) is 5.91 Å². The number of hydrazine groups is 1. The Morgan fingerprint density at radius 2 is 1.45 bits per heavy atom. The second kappa shape index (κ2) is 8.61. The minimum absolute atomic E-state index is 0.193. The first-order chi connectivity index (χ1) is 14.2. The number of para-hydroxylation sites is 2. The Bertz CT molecular complexity index is 933. The summed E-state index contributed by atoms with van der Waals surface area (Å²) in [6.45, 7) is 1.41. The van der Waals surface area contributed by atoms with E-state index < -0.39 is 0 Å². The lowest BCUT2D eigenvalue weighted by Gasteiger charge is -2.25. The molecule has 1 N–H and O–H groups in total. The van der Waals surface area contributed by atoms with Crippen LogP contribution in [0.3, 0.4) is 0 Å². The van der Waals surface area contributed by atoms with Gasteiger partial charge in [-0.15, -0.1) is 0 Å². The van der Waals surface area contributed by atoms with Crippen molar-refractivity contribution in [1.82, 2.24) is 10.3 Å². The first kappa shape index (κ1) is 18.7. The maximum absolute atomic E-state index is 12.9. The van der Waals surface area contributed by atoms with E-state index in [-0.39, 0.29) is 11.8 Å². The molecule has 0 aromatic heterocycles. The third kappa shape index (κ3) is 4.46. The molecule has 5 nitrogen and oxygen atoms in total. The van der Waals surface area contributed by atoms with Crippen LogP contribution in [-0.4, -0.2) is 23.3 Å². The summed E-state index contributed by atoms with van der Waals surface area (Å²) in [6, 6.07) is 26.9. The Morgan fingerprint density at radius 3 is 1.97 bits per heavy atom. The van der Waals surface area contributed by atoms with Gasteiger partial charge in [0.25, 0.3) is 5.91 Å². The molecule has 0 saturated carbocycles. The second-order valence-corrected chi connectivity index (χ2v) is 7.06. The fourth-order valence-corrected chi connectivity index (χ4v) is 3.45. The zero-order valence-electron chi connectivity index (χ0n) is 16.1. The highest BCUT2D eigenvalue weighted by Crippen LogP contribution is 2.23. The van der Waals surface area contributed by atoms with Crippen LogP contribution in [0, 0.1) is 0 Å². The number of nitrogens with zero attached hydrogens (tertiary/aromatic N) is 2. The molecule has 0 spiro atoms. The lowest BCUT2D eigenvalue weighted by atomic mass is 10.1. The van der Waals surface area contributed by atoms with Crippen molar-refractivity contribution in [2.24, 2.45) is 0 Å². The predicted octanol–water partition coefficient (Wildman–Crippen LogP) is 4.29. The van der Waals surface area contributed by atoms with E-state index in [1.165, 1.54) is 0 Å². The van der Waals surface area contributed by atoms with Gasteiger partial charge in [0, 0.05) is 25.1 Å². The predicted molar refractivity (Wildman–Crippen MR) is 114 cm³/mol. The molecule has 29 heavy (non-hydrogen) atoms. The Morgan fingerprint density at radius 1 is 0.862 bits per heavy atom. The fourth-order valence-electron chi connectivity index (χ4n) is 3.45. The molecule has 1 heterocycles. The van der Waals surface area contributed by atoms with Crippen molar-refractivity contribution >= 4 is 23.2 Å². The van der Waals surface area contributed by atoms with Crippen LogP contribution in [0.25, 0.3) is 0 Å². The standard InChI is InChI=1S/C24H23N3O2/c28-23-12-7-17-26(23)18-19-13-15-20(16-14-19)24(29)25-27(21-8-3-1-4-9-21)22-10-5-2-6-11-22/h1-6,8-11,13-16H,7,12,17-18H2,(H,25,29). The van der Waals surface area contributed by atoms with Crippen molar-refractivity contribution in [2.45, 2.75) is 19.4 Å². The van der Waals surface area contributed by atoms with Crippen LogP contribution in [0.2, 0.25) is 0 Å². The molecule has 4 rings (SSSR count). The number of carbonyl (C=O) groups is 2. The number of likely N-dealkylation sites (tertiary alicyclic amines) is 1. The highest BCUT2D eigenvalue weighted by Gasteiger charge is 2.20. The first-order valence-electron chi connectivity index (χ1n) is 9.78. The van der Waals surface area contributed by atoms with Crippen molar-refractivity contribution in [3.63, 3.8) is 0 Å². The Kier molecular flexibility index (Phi) is 5.56. The topological polar surface area (TPSA) is 52.7 Å². The lowest BCUT2D eigenvalue weighted by molar-refractivity contribution is -0.128. The second-order valence-electron chi connectivity index (χ2n) is 7.06. The highest BCUT2D eigenvalue weighted by atomic mass is 16.2. The van der Waals surface area contributed by atoms with Gasteiger partial charge in [-0.1, -0.05) is 48.5 Å². The third-order valence-corrected chi connectivity index (χ3v) is 5.00. The monoisotopic (exact) mass is 385 g/mol. The molecule has 1 aliphatic rings. The molecule has 0 unspecified atom stereocenters. The van der Waals surface area contributed by atoms with Gasteiger partial charge in [-0.05, 0) is 48.4 Å². The number of carbonyl (C=O) groups excluding carboxylic acids is 2. The molecule has 0 atom stereocenters. The van der Waals surface area contributed by atoms with Crippen LogP contribution in [0.5, 0.6) is 0 Å². The molecule has 1 aliphatic heterocycles. The van der Waals surface area contributed by atoms with Crippen LogP contribution in [0.1, 0.15) is 28.8 Å². The molecule has 2 amide bonds. The minimum atomic E-state index is -0.193. The van der Waals surface area contributed by atoms with Crippen molar-refractivity contribution in [3.8, 4) is 0 Å². The number of nitrogens with one attached hydrogen (secondary N) is 1. The normalized spacial score (nSPS) is 13.4. The smallest absolute Gasteiger partial charge is 0.270 e. The fraction of sp³-hybridized carbons (Fsp3) is 0.167. The van der Waals surface area contributed by atoms with E-state index in [2.05, 4.69) is 5.43 Å². The van der Waals surface area contributed by atoms with Crippen LogP contribution < -0.4 is 10.4 Å². The summed E-state index contributed by atoms with van der Waals surface area (Å²) >= 11 is 0. The van der Waals surface area contributed by atoms with Gasteiger partial charge in [0.1, 0.15) is 0 Å². The van der Waals surface area contributed by atoms with Gasteiger partial charge in [-0.25, -0.2) is 0 Å². The number of benzene rings is 3. The van der Waals surface area contributed by atoms with Crippen LogP contribution >= 0.6 is 0 Å². The van der Waals surface area contributed by atoms with Gasteiger partial charge >= 0.3 is 0 Å². The molecule has 5 heteroatoms. The van der Waals surface area contributed by atoms with E-state index in [4.69, 9.17) is 0 Å². The molecule has 0 radical (unpaired) electrons. The summed E-state index contributed by atoms with van der Waals surface area (Å²) in [5.41, 5.74) is 6.33. The summed E-state index contributed by atoms with van der Waals surface area (Å²) < 4.78 is 0. The molecule has 0 bridgehead atoms. The molecule has 1 saturated heterocycles. The van der Waals surface area contributed by atoms with E-state index in [9.17, 15) is 9.59 Å². The van der Waals surface area contributed by atoms with Crippen LogP contribution in [0.15, 0.2) is 84.9 Å². The number of hydrogen-bond acceptors (Lipinski definition) is 3. The van der Waals surface area contributed by atoms with Crippen molar-refractivity contribution in [1.29, 1.82) is 0 Å². The van der Waals surface area contributed by atoms with Crippen molar-refractivity contribution in [2.75, 3.05) is 11.6 Å². The Balaban J connectivity index is 1.49. The molecule has 3 aromatic carbocycles. The maximum atomic E-state index is 12.9. The average Bonchev–Trinajstić information content (AvgIpc) is 3.18. The number of amides is 2. The van der Waals surface area contributed by atoms with Crippen LogP contribution in [-0.2, 0) is 11.3 Å². The van der Waals surface area contributed by atoms with E-state index in [1.54, 1.807) is 17.1 Å². The van der Waals surface area contributed by atoms with E-state index >= 15 is 0 Å². The zero-order chi connectivity index (χ0) is 20.1. The molecule has 0 aliphatic carbocycles. The van der Waals surface area contributed by atoms with Crippen molar-refractivity contribution in [3.05, 3.63) is 96.1 Å². The van der Waals surface area contributed by atoms with Gasteiger partial charge in [0.05, 0.1) is 11.4 Å². The quantitative estimate of drug-likeness (QED) is 0.644. The number of rotatable bonds is 6. The molecular weight excluding hydrogens is 362 g/mol. The van der Waals surface area contributed by atoms with E-state index in [0.717, 1.165) is 29.9 Å². The summed E-state index contributed by atoms with van der Waals surface area (Å²) in [4.78, 5) is 26.6. The largest absolute Gasteiger partial charge is 0.338 e. The SMILES string of the molecule is O=C(NN(c1ccccc1)c1ccccc1)c1ccc(CN2CCCC2=O)cc1. The highest BCUT2D eigenvalue weighted by molar-refractivity contribution is 5.96. The minimum Gasteiger partial charge on any atom is -0.338 e. The number of hydrogen-bond donors (Lipinski definition) is 1. The van der Waals surface area contributed by atoms with Gasteiger partial charge in [-0.2, -0.15) is 0 Å². The first-order valence-corrected chi connectivity index (χ1v) is 9.78. The maximum Gasteiger partial charge on any atom is 0.270 e. The van der Waals surface area contributed by atoms with E-state index in [1.807, 2.05) is 77.7 Å². The molecule has 146 valence electrons. The van der Waals surface area contributed by atoms with Gasteiger partial charge in [-0.3, -0.25) is 20.0 Å². The summed E-state index contributed by atoms with van der Waals surface area (Å²) in [5, 5.41) is 1.78. The summed E-state index contributed by atoms with van der Waals surface area (Å²) in [6.07, 6.45) is 1.56. The summed E-state index contributed by atoms with van der Waals surface area (Å²) in [7, 11) is 0. The third-order valence-electron chi connectivity index (χ3n) is 5.00. The lowest BCUT2D eigenvalue weighted by Crippen LogP contribution is -2.38. The van der Waals surface area contributed by atoms with Crippen molar-refractivity contribution < 1.29 is 9.59 Å². The molecular formula is C24H23N3O2. The van der Waals surface area contributed by atoms with Gasteiger partial charge in [0.15, 0.2) is 0 Å². The molecule has 3 aromatic rings. The van der Waals surface area contributed by atoms with Crippen LogP contribution in [0.4, 0.5) is 11.4 Å².